The summed E-state index contributed by atoms with van der Waals surface area (Å²) < 4.78 is 4.70. The molecular formula is C13H13NO4. The van der Waals surface area contributed by atoms with Crippen LogP contribution in [0.3, 0.4) is 0 Å². The molecule has 18 heavy (non-hydrogen) atoms. The summed E-state index contributed by atoms with van der Waals surface area (Å²) in [5.41, 5.74) is 3.37. The number of rotatable bonds is 2. The molecule has 1 aromatic heterocycles. The van der Waals surface area contributed by atoms with Gasteiger partial charge in [0.25, 0.3) is 0 Å². The van der Waals surface area contributed by atoms with Crippen LogP contribution in [0.25, 0.3) is 11.3 Å². The van der Waals surface area contributed by atoms with E-state index in [0.717, 1.165) is 16.7 Å². The van der Waals surface area contributed by atoms with E-state index in [1.54, 1.807) is 6.92 Å². The molecule has 0 aliphatic carbocycles. The SMILES string of the molecule is Cc1cc(C)c(-c2cc(C(=O)O)on2)c(O)c1C. The lowest BCUT2D eigenvalue weighted by Crippen LogP contribution is -1.92. The van der Waals surface area contributed by atoms with Crippen LogP contribution in [0.4, 0.5) is 0 Å². The van der Waals surface area contributed by atoms with Crippen molar-refractivity contribution in [3.63, 3.8) is 0 Å². The zero-order valence-corrected chi connectivity index (χ0v) is 10.3. The molecule has 0 aliphatic heterocycles. The zero-order valence-electron chi connectivity index (χ0n) is 10.3. The van der Waals surface area contributed by atoms with Crippen LogP contribution in [0.15, 0.2) is 16.7 Å². The summed E-state index contributed by atoms with van der Waals surface area (Å²) in [6, 6.07) is 3.22. The Balaban J connectivity index is 2.63. The van der Waals surface area contributed by atoms with Gasteiger partial charge >= 0.3 is 5.97 Å². The zero-order chi connectivity index (χ0) is 13.4. The van der Waals surface area contributed by atoms with Gasteiger partial charge in [-0.05, 0) is 37.5 Å². The minimum atomic E-state index is -1.19. The third-order valence-corrected chi connectivity index (χ3v) is 2.99. The van der Waals surface area contributed by atoms with Gasteiger partial charge < -0.3 is 14.7 Å². The van der Waals surface area contributed by atoms with Gasteiger partial charge in [0.05, 0.1) is 0 Å². The molecule has 94 valence electrons. The molecule has 2 aromatic rings. The van der Waals surface area contributed by atoms with Crippen molar-refractivity contribution in [2.24, 2.45) is 0 Å². The van der Waals surface area contributed by atoms with Gasteiger partial charge in [0.2, 0.25) is 5.76 Å². The van der Waals surface area contributed by atoms with E-state index in [4.69, 9.17) is 9.63 Å². The molecule has 1 heterocycles. The van der Waals surface area contributed by atoms with Gasteiger partial charge in [-0.3, -0.25) is 0 Å². The molecule has 0 saturated heterocycles. The Hall–Kier alpha value is -2.30. The number of phenols is 1. The van der Waals surface area contributed by atoms with Gasteiger partial charge in [-0.1, -0.05) is 11.2 Å². The normalized spacial score (nSPS) is 10.6. The molecule has 2 rings (SSSR count). The van der Waals surface area contributed by atoms with E-state index in [2.05, 4.69) is 5.16 Å². The monoisotopic (exact) mass is 247 g/mol. The highest BCUT2D eigenvalue weighted by atomic mass is 16.5. The molecule has 2 N–H and O–H groups in total. The number of benzene rings is 1. The molecular weight excluding hydrogens is 234 g/mol. The highest BCUT2D eigenvalue weighted by Crippen LogP contribution is 2.36. The van der Waals surface area contributed by atoms with E-state index in [-0.39, 0.29) is 11.5 Å². The molecule has 0 unspecified atom stereocenters. The standard InChI is InChI=1S/C13H13NO4/c1-6-4-7(2)11(12(15)8(6)3)9-5-10(13(16)17)18-14-9/h4-5,15H,1-3H3,(H,16,17). The topological polar surface area (TPSA) is 83.6 Å². The summed E-state index contributed by atoms with van der Waals surface area (Å²) >= 11 is 0. The molecule has 0 amide bonds. The first-order valence-electron chi connectivity index (χ1n) is 5.42. The van der Waals surface area contributed by atoms with Crippen molar-refractivity contribution in [3.8, 4) is 17.0 Å². The van der Waals surface area contributed by atoms with E-state index in [0.29, 0.717) is 11.3 Å². The van der Waals surface area contributed by atoms with Crippen molar-refractivity contribution < 1.29 is 19.5 Å². The van der Waals surface area contributed by atoms with Crippen molar-refractivity contribution in [2.45, 2.75) is 20.8 Å². The Bertz CT molecular complexity index is 628. The van der Waals surface area contributed by atoms with Crippen LogP contribution in [0.5, 0.6) is 5.75 Å². The van der Waals surface area contributed by atoms with Crippen molar-refractivity contribution in [1.82, 2.24) is 5.16 Å². The smallest absolute Gasteiger partial charge is 0.374 e. The van der Waals surface area contributed by atoms with Crippen LogP contribution >= 0.6 is 0 Å². The summed E-state index contributed by atoms with van der Waals surface area (Å²) in [4.78, 5) is 10.7. The summed E-state index contributed by atoms with van der Waals surface area (Å²) in [6.07, 6.45) is 0. The molecule has 0 spiro atoms. The minimum Gasteiger partial charge on any atom is -0.507 e. The Kier molecular flexibility index (Phi) is 2.82. The van der Waals surface area contributed by atoms with Crippen molar-refractivity contribution >= 4 is 5.97 Å². The maximum absolute atomic E-state index is 10.7. The van der Waals surface area contributed by atoms with Gasteiger partial charge in [-0.2, -0.15) is 0 Å². The lowest BCUT2D eigenvalue weighted by molar-refractivity contribution is 0.0652. The molecule has 0 bridgehead atoms. The first kappa shape index (κ1) is 12.2. The van der Waals surface area contributed by atoms with Crippen molar-refractivity contribution in [2.75, 3.05) is 0 Å². The Labute approximate surface area is 104 Å². The molecule has 0 aliphatic rings. The molecule has 5 nitrogen and oxygen atoms in total. The molecule has 0 fully saturated rings. The number of aryl methyl sites for hydroxylation is 2. The van der Waals surface area contributed by atoms with E-state index < -0.39 is 5.97 Å². The lowest BCUT2D eigenvalue weighted by atomic mass is 9.97. The minimum absolute atomic E-state index is 0.109. The first-order chi connectivity index (χ1) is 8.41. The van der Waals surface area contributed by atoms with Gasteiger partial charge in [0.15, 0.2) is 0 Å². The Morgan fingerprint density at radius 3 is 2.44 bits per heavy atom. The van der Waals surface area contributed by atoms with Crippen LogP contribution in [0.1, 0.15) is 27.2 Å². The lowest BCUT2D eigenvalue weighted by Gasteiger charge is -2.10. The second-order valence-corrected chi connectivity index (χ2v) is 4.24. The number of carboxylic acid groups (broad SMARTS) is 1. The fourth-order valence-electron chi connectivity index (χ4n) is 1.88. The third-order valence-electron chi connectivity index (χ3n) is 2.99. The van der Waals surface area contributed by atoms with Crippen molar-refractivity contribution in [3.05, 3.63) is 34.6 Å². The first-order valence-corrected chi connectivity index (χ1v) is 5.42. The number of carbonyl (C=O) groups is 1. The second kappa shape index (κ2) is 4.18. The summed E-state index contributed by atoms with van der Waals surface area (Å²) in [7, 11) is 0. The van der Waals surface area contributed by atoms with E-state index in [1.807, 2.05) is 19.9 Å². The number of hydrogen-bond acceptors (Lipinski definition) is 4. The predicted octanol–water partition coefficient (Wildman–Crippen LogP) is 2.67. The molecule has 5 heteroatoms. The number of phenolic OH excluding ortho intramolecular Hbond substituents is 1. The van der Waals surface area contributed by atoms with Gasteiger partial charge in [-0.25, -0.2) is 4.79 Å². The highest BCUT2D eigenvalue weighted by Gasteiger charge is 2.18. The maximum Gasteiger partial charge on any atom is 0.374 e. The third kappa shape index (κ3) is 1.84. The number of aromatic hydroxyl groups is 1. The van der Waals surface area contributed by atoms with E-state index in [1.165, 1.54) is 6.07 Å². The molecule has 0 saturated carbocycles. The largest absolute Gasteiger partial charge is 0.507 e. The van der Waals surface area contributed by atoms with Gasteiger partial charge in [0.1, 0.15) is 11.4 Å². The second-order valence-electron chi connectivity index (χ2n) is 4.24. The molecule has 0 radical (unpaired) electrons. The maximum atomic E-state index is 10.7. The average Bonchev–Trinajstić information content (AvgIpc) is 2.75. The number of hydrogen-bond donors (Lipinski definition) is 2. The number of aromatic nitrogens is 1. The predicted molar refractivity (Wildman–Crippen MR) is 64.8 cm³/mol. The number of carboxylic acids is 1. The Morgan fingerprint density at radius 1 is 1.22 bits per heavy atom. The highest BCUT2D eigenvalue weighted by molar-refractivity contribution is 5.86. The van der Waals surface area contributed by atoms with Crippen LogP contribution in [-0.4, -0.2) is 21.3 Å². The fraction of sp³-hybridized carbons (Fsp3) is 0.231. The van der Waals surface area contributed by atoms with Crippen LogP contribution in [0.2, 0.25) is 0 Å². The quantitative estimate of drug-likeness (QED) is 0.852. The average molecular weight is 247 g/mol. The summed E-state index contributed by atoms with van der Waals surface area (Å²) in [5, 5.41) is 22.6. The van der Waals surface area contributed by atoms with E-state index >= 15 is 0 Å². The van der Waals surface area contributed by atoms with Gasteiger partial charge in [-0.15, -0.1) is 0 Å². The summed E-state index contributed by atoms with van der Waals surface area (Å²) in [5.74, 6) is -1.32. The summed E-state index contributed by atoms with van der Waals surface area (Å²) in [6.45, 7) is 5.53. The molecule has 0 atom stereocenters. The van der Waals surface area contributed by atoms with Crippen LogP contribution in [0, 0.1) is 20.8 Å². The van der Waals surface area contributed by atoms with Crippen LogP contribution < -0.4 is 0 Å². The number of aromatic carboxylic acids is 1. The van der Waals surface area contributed by atoms with E-state index in [9.17, 15) is 9.90 Å². The fourth-order valence-corrected chi connectivity index (χ4v) is 1.88. The van der Waals surface area contributed by atoms with Crippen molar-refractivity contribution in [1.29, 1.82) is 0 Å². The number of nitrogens with zero attached hydrogens (tertiary/aromatic N) is 1. The van der Waals surface area contributed by atoms with Crippen LogP contribution in [-0.2, 0) is 0 Å². The Morgan fingerprint density at radius 2 is 1.89 bits per heavy atom. The molecule has 1 aromatic carbocycles. The van der Waals surface area contributed by atoms with Gasteiger partial charge in [0, 0.05) is 11.6 Å².